The fourth-order valence-corrected chi connectivity index (χ4v) is 7.61. The summed E-state index contributed by atoms with van der Waals surface area (Å²) in [5, 5.41) is 54.3. The molecule has 0 aromatic carbocycles. The van der Waals surface area contributed by atoms with Crippen LogP contribution in [0.3, 0.4) is 0 Å². The van der Waals surface area contributed by atoms with E-state index in [9.17, 15) is 30.3 Å². The van der Waals surface area contributed by atoms with Gasteiger partial charge in [-0.25, -0.2) is 0 Å². The number of carbonyl (C=O) groups is 1. The largest absolute Gasteiger partial charge is 0.394 e. The van der Waals surface area contributed by atoms with Crippen molar-refractivity contribution in [3.05, 3.63) is 48.6 Å². The molecule has 9 heteroatoms. The predicted molar refractivity (Wildman–Crippen MR) is 249 cm³/mol. The number of hydrogen-bond acceptors (Lipinski definition) is 8. The Bertz CT molecular complexity index is 1080. The normalized spacial score (nSPS) is 20.9. The Hall–Kier alpha value is -1.85. The van der Waals surface area contributed by atoms with E-state index in [1.54, 1.807) is 6.08 Å². The highest BCUT2D eigenvalue weighted by atomic mass is 16.7. The lowest BCUT2D eigenvalue weighted by Crippen LogP contribution is -2.60. The predicted octanol–water partition coefficient (Wildman–Crippen LogP) is 11.0. The van der Waals surface area contributed by atoms with Crippen molar-refractivity contribution in [2.75, 3.05) is 13.2 Å². The molecule has 7 unspecified atom stereocenters. The van der Waals surface area contributed by atoms with Crippen LogP contribution in [0.2, 0.25) is 0 Å². The third kappa shape index (κ3) is 31.1. The number of carbonyl (C=O) groups excluding carboxylic acids is 1. The van der Waals surface area contributed by atoms with E-state index < -0.39 is 49.5 Å². The van der Waals surface area contributed by atoms with Crippen LogP contribution in [-0.4, -0.2) is 87.5 Å². The van der Waals surface area contributed by atoms with E-state index in [1.165, 1.54) is 135 Å². The van der Waals surface area contributed by atoms with Gasteiger partial charge in [0, 0.05) is 6.42 Å². The summed E-state index contributed by atoms with van der Waals surface area (Å²) in [6, 6.07) is -0.826. The molecule has 0 bridgehead atoms. The summed E-state index contributed by atoms with van der Waals surface area (Å²) in [6.07, 6.45) is 45.8. The molecule has 1 heterocycles. The van der Waals surface area contributed by atoms with Crippen molar-refractivity contribution in [2.24, 2.45) is 0 Å². The van der Waals surface area contributed by atoms with Gasteiger partial charge in [-0.3, -0.25) is 4.79 Å². The summed E-state index contributed by atoms with van der Waals surface area (Å²) in [5.41, 5.74) is 0. The van der Waals surface area contributed by atoms with Crippen LogP contribution < -0.4 is 5.32 Å². The van der Waals surface area contributed by atoms with Crippen LogP contribution in [0, 0.1) is 0 Å². The maximum atomic E-state index is 13.0. The number of aliphatic hydroxyl groups excluding tert-OH is 5. The lowest BCUT2D eigenvalue weighted by molar-refractivity contribution is -0.302. The van der Waals surface area contributed by atoms with Crippen LogP contribution in [-0.2, 0) is 14.3 Å². The highest BCUT2D eigenvalue weighted by Gasteiger charge is 2.44. The van der Waals surface area contributed by atoms with Gasteiger partial charge >= 0.3 is 0 Å². The fraction of sp³-hybridized carbons (Fsp3) is 0.824. The van der Waals surface area contributed by atoms with Crippen molar-refractivity contribution in [1.82, 2.24) is 5.32 Å². The standard InChI is InChI=1S/C51H93NO8/c1-3-5-7-9-11-13-15-17-19-21-23-24-26-28-30-32-34-36-38-40-45(54)44(43-59-51-50(58)49(57)48(56)46(42-53)60-51)52-47(55)41-39-37-35-33-31-29-27-25-22-20-18-16-14-12-10-8-6-4-2/h14,16,20,22,30,32,38,40,44-46,48-51,53-54,56-58H,3-13,15,17-19,21,23-29,31,33-37,39,41-43H2,1-2H3,(H,52,55)/b16-14-,22-20-,32-30+,40-38+. The second-order valence-electron chi connectivity index (χ2n) is 17.2. The zero-order valence-electron chi connectivity index (χ0n) is 38.5. The second-order valence-corrected chi connectivity index (χ2v) is 17.2. The third-order valence-corrected chi connectivity index (χ3v) is 11.6. The Morgan fingerprint density at radius 1 is 0.567 bits per heavy atom. The number of allylic oxidation sites excluding steroid dienone is 7. The van der Waals surface area contributed by atoms with E-state index in [0.29, 0.717) is 6.42 Å². The Morgan fingerprint density at radius 2 is 1.00 bits per heavy atom. The first-order chi connectivity index (χ1) is 29.3. The summed E-state index contributed by atoms with van der Waals surface area (Å²) < 4.78 is 11.2. The molecule has 1 saturated heterocycles. The van der Waals surface area contributed by atoms with Crippen molar-refractivity contribution < 1.29 is 39.8 Å². The van der Waals surface area contributed by atoms with Gasteiger partial charge in [0.25, 0.3) is 0 Å². The molecule has 1 fully saturated rings. The maximum absolute atomic E-state index is 13.0. The van der Waals surface area contributed by atoms with Crippen LogP contribution in [0.1, 0.15) is 213 Å². The number of ether oxygens (including phenoxy) is 2. The minimum Gasteiger partial charge on any atom is -0.394 e. The van der Waals surface area contributed by atoms with Crippen molar-refractivity contribution >= 4 is 5.91 Å². The van der Waals surface area contributed by atoms with E-state index in [2.05, 4.69) is 55.6 Å². The van der Waals surface area contributed by atoms with Crippen molar-refractivity contribution in [3.63, 3.8) is 0 Å². The first kappa shape index (κ1) is 56.2. The molecular formula is C51H93NO8. The van der Waals surface area contributed by atoms with Crippen LogP contribution in [0.15, 0.2) is 48.6 Å². The number of nitrogens with one attached hydrogen (secondary N) is 1. The molecule has 1 aliphatic rings. The lowest BCUT2D eigenvalue weighted by Gasteiger charge is -2.40. The molecule has 60 heavy (non-hydrogen) atoms. The molecule has 1 amide bonds. The first-order valence-electron chi connectivity index (χ1n) is 24.9. The molecule has 1 aliphatic heterocycles. The van der Waals surface area contributed by atoms with Gasteiger partial charge in [-0.15, -0.1) is 0 Å². The minimum absolute atomic E-state index is 0.195. The molecule has 350 valence electrons. The molecule has 0 saturated carbocycles. The summed E-state index contributed by atoms with van der Waals surface area (Å²) in [5.74, 6) is -0.195. The van der Waals surface area contributed by atoms with Crippen molar-refractivity contribution in [3.8, 4) is 0 Å². The first-order valence-corrected chi connectivity index (χ1v) is 24.9. The van der Waals surface area contributed by atoms with Gasteiger partial charge in [0.15, 0.2) is 6.29 Å². The highest BCUT2D eigenvalue weighted by molar-refractivity contribution is 5.76. The Kier molecular flexibility index (Phi) is 38.5. The minimum atomic E-state index is -1.57. The van der Waals surface area contributed by atoms with Crippen LogP contribution in [0.4, 0.5) is 0 Å². The van der Waals surface area contributed by atoms with Crippen LogP contribution in [0.5, 0.6) is 0 Å². The quantitative estimate of drug-likeness (QED) is 0.0263. The summed E-state index contributed by atoms with van der Waals surface area (Å²) >= 11 is 0. The monoisotopic (exact) mass is 848 g/mol. The molecule has 0 radical (unpaired) electrons. The van der Waals surface area contributed by atoms with E-state index in [0.717, 1.165) is 57.8 Å². The molecule has 0 aliphatic carbocycles. The van der Waals surface area contributed by atoms with E-state index in [4.69, 9.17) is 9.47 Å². The Morgan fingerprint density at radius 3 is 1.52 bits per heavy atom. The zero-order valence-corrected chi connectivity index (χ0v) is 38.5. The number of aliphatic hydroxyl groups is 5. The van der Waals surface area contributed by atoms with Gasteiger partial charge in [-0.1, -0.05) is 191 Å². The molecule has 1 rings (SSSR count). The molecule has 0 aromatic heterocycles. The molecular weight excluding hydrogens is 755 g/mol. The van der Waals surface area contributed by atoms with Crippen LogP contribution >= 0.6 is 0 Å². The van der Waals surface area contributed by atoms with Gasteiger partial charge in [0.2, 0.25) is 5.91 Å². The Labute approximate surface area is 367 Å². The number of unbranched alkanes of at least 4 members (excludes halogenated alkanes) is 25. The fourth-order valence-electron chi connectivity index (χ4n) is 7.61. The Balaban J connectivity index is 2.35. The summed E-state index contributed by atoms with van der Waals surface area (Å²) in [4.78, 5) is 13.0. The average molecular weight is 848 g/mol. The summed E-state index contributed by atoms with van der Waals surface area (Å²) in [6.45, 7) is 3.74. The van der Waals surface area contributed by atoms with Gasteiger partial charge in [0.1, 0.15) is 24.4 Å². The number of rotatable bonds is 41. The SMILES string of the molecule is CCCCCC/C=C\C/C=C\CCCCCCCCCC(=O)NC(COC1OC(CO)C(O)C(O)C1O)C(O)/C=C/CC/C=C/CCCCCCCCCCCCCCC. The molecule has 0 spiro atoms. The third-order valence-electron chi connectivity index (χ3n) is 11.6. The number of amides is 1. The smallest absolute Gasteiger partial charge is 0.220 e. The molecule has 6 N–H and O–H groups in total. The number of hydrogen-bond donors (Lipinski definition) is 6. The topological polar surface area (TPSA) is 149 Å². The van der Waals surface area contributed by atoms with Crippen LogP contribution in [0.25, 0.3) is 0 Å². The van der Waals surface area contributed by atoms with E-state index in [1.807, 2.05) is 6.08 Å². The van der Waals surface area contributed by atoms with Gasteiger partial charge in [-0.05, 0) is 64.2 Å². The molecule has 7 atom stereocenters. The van der Waals surface area contributed by atoms with Crippen molar-refractivity contribution in [2.45, 2.75) is 256 Å². The van der Waals surface area contributed by atoms with Gasteiger partial charge < -0.3 is 40.3 Å². The second kappa shape index (κ2) is 41.2. The zero-order chi connectivity index (χ0) is 43.7. The molecule has 0 aromatic rings. The van der Waals surface area contributed by atoms with Crippen molar-refractivity contribution in [1.29, 1.82) is 0 Å². The van der Waals surface area contributed by atoms with E-state index in [-0.39, 0.29) is 12.5 Å². The van der Waals surface area contributed by atoms with Gasteiger partial charge in [-0.2, -0.15) is 0 Å². The summed E-state index contributed by atoms with van der Waals surface area (Å²) in [7, 11) is 0. The molecule has 9 nitrogen and oxygen atoms in total. The van der Waals surface area contributed by atoms with E-state index >= 15 is 0 Å². The maximum Gasteiger partial charge on any atom is 0.220 e. The van der Waals surface area contributed by atoms with Gasteiger partial charge in [0.05, 0.1) is 25.4 Å². The highest BCUT2D eigenvalue weighted by Crippen LogP contribution is 2.22. The lowest BCUT2D eigenvalue weighted by atomic mass is 9.99. The average Bonchev–Trinajstić information content (AvgIpc) is 3.25.